The zero-order valence-corrected chi connectivity index (χ0v) is 15.9. The van der Waals surface area contributed by atoms with E-state index in [1.165, 1.54) is 0 Å². The fraction of sp³-hybridized carbons (Fsp3) is 0.105. The third-order valence-electron chi connectivity index (χ3n) is 3.62. The minimum atomic E-state index is -1.31. The minimum Gasteiger partial charge on any atom is -0.455 e. The first-order valence-corrected chi connectivity index (χ1v) is 9.84. The van der Waals surface area contributed by atoms with Crippen molar-refractivity contribution in [3.8, 4) is 0 Å². The summed E-state index contributed by atoms with van der Waals surface area (Å²) in [6.45, 7) is 0.295. The zero-order chi connectivity index (χ0) is 18.5. The van der Waals surface area contributed by atoms with Gasteiger partial charge in [-0.05, 0) is 42.0 Å². The average Bonchev–Trinajstić information content (AvgIpc) is 3.09. The first-order chi connectivity index (χ1) is 12.5. The molecule has 0 saturated carbocycles. The van der Waals surface area contributed by atoms with Crippen LogP contribution in [0.15, 0.2) is 70.0 Å². The number of furan rings is 1. The van der Waals surface area contributed by atoms with Gasteiger partial charge in [-0.1, -0.05) is 47.5 Å². The van der Waals surface area contributed by atoms with Crippen LogP contribution in [0.3, 0.4) is 0 Å². The molecule has 0 aliphatic carbocycles. The maximum atomic E-state index is 12.4. The van der Waals surface area contributed by atoms with Gasteiger partial charge in [-0.15, -0.1) is 0 Å². The highest BCUT2D eigenvalue weighted by Crippen LogP contribution is 2.19. The van der Waals surface area contributed by atoms with Crippen molar-refractivity contribution >= 4 is 39.9 Å². The molecule has 4 nitrogen and oxygen atoms in total. The first kappa shape index (κ1) is 18.7. The molecule has 1 N–H and O–H groups in total. The normalized spacial score (nSPS) is 11.9. The predicted molar refractivity (Wildman–Crippen MR) is 103 cm³/mol. The number of halogens is 2. The van der Waals surface area contributed by atoms with Crippen LogP contribution in [0.2, 0.25) is 10.0 Å². The molecule has 2 aromatic carbocycles. The number of benzene rings is 2. The molecule has 0 bridgehead atoms. The van der Waals surface area contributed by atoms with E-state index in [1.807, 2.05) is 18.2 Å². The molecule has 1 heterocycles. The highest BCUT2D eigenvalue weighted by Gasteiger charge is 2.14. The molecule has 0 fully saturated rings. The molecular formula is C19H15Cl2NO3S. The number of carbonyl (C=O) groups is 1. The van der Waals surface area contributed by atoms with Crippen molar-refractivity contribution in [1.29, 1.82) is 0 Å². The Morgan fingerprint density at radius 1 is 1.04 bits per heavy atom. The van der Waals surface area contributed by atoms with Crippen LogP contribution in [-0.2, 0) is 23.1 Å². The predicted octanol–water partition coefficient (Wildman–Crippen LogP) is 4.82. The molecule has 1 atom stereocenters. The van der Waals surface area contributed by atoms with Crippen LogP contribution in [0.4, 0.5) is 0 Å². The second-order valence-corrected chi connectivity index (χ2v) is 7.78. The number of hydrogen-bond donors (Lipinski definition) is 1. The molecule has 0 unspecified atom stereocenters. The monoisotopic (exact) mass is 407 g/mol. The average molecular weight is 408 g/mol. The second-order valence-electron chi connectivity index (χ2n) is 5.49. The van der Waals surface area contributed by atoms with Gasteiger partial charge in [0.15, 0.2) is 5.76 Å². The molecule has 0 aliphatic heterocycles. The first-order valence-electron chi connectivity index (χ1n) is 7.77. The summed E-state index contributed by atoms with van der Waals surface area (Å²) >= 11 is 12.0. The van der Waals surface area contributed by atoms with Gasteiger partial charge in [-0.2, -0.15) is 0 Å². The maximum Gasteiger partial charge on any atom is 0.287 e. The van der Waals surface area contributed by atoms with E-state index in [9.17, 15) is 9.00 Å². The van der Waals surface area contributed by atoms with Crippen molar-refractivity contribution in [2.75, 3.05) is 0 Å². The van der Waals surface area contributed by atoms with E-state index >= 15 is 0 Å². The van der Waals surface area contributed by atoms with Gasteiger partial charge in [-0.3, -0.25) is 9.00 Å². The highest BCUT2D eigenvalue weighted by molar-refractivity contribution is 7.84. The standard InChI is InChI=1S/C19H15Cl2NO3S/c20-14-5-3-6-16(10-14)26(24)12-15-8-9-18(25-15)19(23)22-11-13-4-1-2-7-17(13)21/h1-10H,11-12H2,(H,22,23)/t26-/m1/s1. The van der Waals surface area contributed by atoms with Gasteiger partial charge in [0.1, 0.15) is 5.76 Å². The Morgan fingerprint density at radius 2 is 1.85 bits per heavy atom. The Bertz CT molecular complexity index is 955. The molecule has 0 aliphatic rings. The lowest BCUT2D eigenvalue weighted by Crippen LogP contribution is -2.22. The number of carbonyl (C=O) groups excluding carboxylic acids is 1. The van der Waals surface area contributed by atoms with Crippen molar-refractivity contribution in [2.24, 2.45) is 0 Å². The van der Waals surface area contributed by atoms with Gasteiger partial charge in [-0.25, -0.2) is 0 Å². The molecule has 3 aromatic rings. The zero-order valence-electron chi connectivity index (χ0n) is 13.6. The van der Waals surface area contributed by atoms with Crippen LogP contribution in [0.5, 0.6) is 0 Å². The lowest BCUT2D eigenvalue weighted by molar-refractivity contribution is 0.0921. The molecule has 7 heteroatoms. The van der Waals surface area contributed by atoms with Gasteiger partial charge in [0.25, 0.3) is 5.91 Å². The number of nitrogens with one attached hydrogen (secondary N) is 1. The Morgan fingerprint density at radius 3 is 2.62 bits per heavy atom. The third kappa shape index (κ3) is 4.75. The van der Waals surface area contributed by atoms with Crippen LogP contribution in [0.1, 0.15) is 21.9 Å². The van der Waals surface area contributed by atoms with Gasteiger partial charge in [0.2, 0.25) is 0 Å². The van der Waals surface area contributed by atoms with E-state index in [-0.39, 0.29) is 17.4 Å². The van der Waals surface area contributed by atoms with Crippen LogP contribution in [0.25, 0.3) is 0 Å². The lowest BCUT2D eigenvalue weighted by Gasteiger charge is -2.05. The van der Waals surface area contributed by atoms with E-state index in [0.29, 0.717) is 27.2 Å². The molecule has 26 heavy (non-hydrogen) atoms. The van der Waals surface area contributed by atoms with E-state index in [4.69, 9.17) is 27.6 Å². The van der Waals surface area contributed by atoms with Gasteiger partial charge >= 0.3 is 0 Å². The SMILES string of the molecule is O=C(NCc1ccccc1Cl)c1ccc(C[S@@](=O)c2cccc(Cl)c2)o1. The number of hydrogen-bond acceptors (Lipinski definition) is 3. The smallest absolute Gasteiger partial charge is 0.287 e. The second kappa shape index (κ2) is 8.54. The highest BCUT2D eigenvalue weighted by atomic mass is 35.5. The Kier molecular flexibility index (Phi) is 6.14. The molecule has 3 rings (SSSR count). The minimum absolute atomic E-state index is 0.162. The summed E-state index contributed by atoms with van der Waals surface area (Å²) in [6.07, 6.45) is 0. The van der Waals surface area contributed by atoms with Crippen molar-refractivity contribution < 1.29 is 13.4 Å². The molecular weight excluding hydrogens is 393 g/mol. The van der Waals surface area contributed by atoms with Crippen LogP contribution < -0.4 is 5.32 Å². The summed E-state index contributed by atoms with van der Waals surface area (Å²) in [5.74, 6) is 0.434. The quantitative estimate of drug-likeness (QED) is 0.636. The Hall–Kier alpha value is -2.08. The summed E-state index contributed by atoms with van der Waals surface area (Å²) in [5, 5.41) is 3.86. The molecule has 1 aromatic heterocycles. The van der Waals surface area contributed by atoms with E-state index in [1.54, 1.807) is 42.5 Å². The summed E-state index contributed by atoms with van der Waals surface area (Å²) in [6, 6.07) is 17.3. The number of amides is 1. The van der Waals surface area contributed by atoms with Crippen LogP contribution >= 0.6 is 23.2 Å². The van der Waals surface area contributed by atoms with Gasteiger partial charge in [0.05, 0.1) is 16.6 Å². The van der Waals surface area contributed by atoms with Crippen LogP contribution in [0, 0.1) is 0 Å². The van der Waals surface area contributed by atoms with Crippen LogP contribution in [-0.4, -0.2) is 10.1 Å². The summed E-state index contributed by atoms with van der Waals surface area (Å²) in [4.78, 5) is 12.8. The van der Waals surface area contributed by atoms with E-state index in [2.05, 4.69) is 5.32 Å². The van der Waals surface area contributed by atoms with E-state index in [0.717, 1.165) is 5.56 Å². The summed E-state index contributed by atoms with van der Waals surface area (Å²) in [7, 11) is -1.31. The fourth-order valence-corrected chi connectivity index (χ4v) is 3.83. The fourth-order valence-electron chi connectivity index (χ4n) is 2.30. The molecule has 0 radical (unpaired) electrons. The van der Waals surface area contributed by atoms with Gasteiger partial charge in [0, 0.05) is 21.5 Å². The number of rotatable bonds is 6. The molecule has 1 amide bonds. The topological polar surface area (TPSA) is 59.3 Å². The van der Waals surface area contributed by atoms with Crippen molar-refractivity contribution in [3.05, 3.63) is 87.8 Å². The molecule has 0 saturated heterocycles. The lowest BCUT2D eigenvalue weighted by atomic mass is 10.2. The third-order valence-corrected chi connectivity index (χ3v) is 5.55. The largest absolute Gasteiger partial charge is 0.455 e. The summed E-state index contributed by atoms with van der Waals surface area (Å²) < 4.78 is 17.9. The Labute approximate surface area is 163 Å². The van der Waals surface area contributed by atoms with Gasteiger partial charge < -0.3 is 9.73 Å². The Balaban J connectivity index is 1.61. The summed E-state index contributed by atoms with van der Waals surface area (Å²) in [5.41, 5.74) is 0.816. The van der Waals surface area contributed by atoms with E-state index < -0.39 is 10.8 Å². The van der Waals surface area contributed by atoms with Crippen molar-refractivity contribution in [3.63, 3.8) is 0 Å². The van der Waals surface area contributed by atoms with Crippen molar-refractivity contribution in [1.82, 2.24) is 5.32 Å². The molecule has 0 spiro atoms. The maximum absolute atomic E-state index is 12.4. The molecule has 134 valence electrons. The van der Waals surface area contributed by atoms with Crippen molar-refractivity contribution in [2.45, 2.75) is 17.2 Å².